The maximum Gasteiger partial charge on any atom is 0.338 e. The van der Waals surface area contributed by atoms with E-state index >= 15 is 0 Å². The van der Waals surface area contributed by atoms with Crippen molar-refractivity contribution in [3.05, 3.63) is 95.6 Å². The number of nitrogens with one attached hydrogen (secondary N) is 1. The average Bonchev–Trinajstić information content (AvgIpc) is 2.77. The number of sulfone groups is 1. The van der Waals surface area contributed by atoms with Crippen molar-refractivity contribution >= 4 is 33.2 Å². The number of ether oxygens (including phenoxy) is 1. The number of carbonyl (C=O) groups is 3. The minimum absolute atomic E-state index is 0.0708. The molecule has 0 saturated carbocycles. The Kier molecular flexibility index (Phi) is 6.61. The Morgan fingerprint density at radius 1 is 0.806 bits per heavy atom. The van der Waals surface area contributed by atoms with Crippen molar-refractivity contribution in [2.24, 2.45) is 0 Å². The molecule has 3 aromatic rings. The van der Waals surface area contributed by atoms with E-state index in [1.807, 2.05) is 0 Å². The van der Waals surface area contributed by atoms with Crippen molar-refractivity contribution in [3.63, 3.8) is 0 Å². The number of hydrogen-bond acceptors (Lipinski definition) is 6. The number of hydrogen-bond donors (Lipinski definition) is 1. The molecule has 0 radical (unpaired) electrons. The van der Waals surface area contributed by atoms with E-state index < -0.39 is 28.3 Å². The zero-order valence-corrected chi connectivity index (χ0v) is 17.4. The van der Waals surface area contributed by atoms with Crippen LogP contribution < -0.4 is 5.32 Å². The smallest absolute Gasteiger partial charge is 0.338 e. The fourth-order valence-corrected chi connectivity index (χ4v) is 3.40. The highest BCUT2D eigenvalue weighted by atomic mass is 32.2. The first-order valence-corrected chi connectivity index (χ1v) is 11.1. The molecule has 0 bridgehead atoms. The van der Waals surface area contributed by atoms with Gasteiger partial charge in [0.2, 0.25) is 0 Å². The van der Waals surface area contributed by atoms with E-state index in [0.717, 1.165) is 6.26 Å². The van der Waals surface area contributed by atoms with Gasteiger partial charge in [-0.25, -0.2) is 13.2 Å². The summed E-state index contributed by atoms with van der Waals surface area (Å²) < 4.78 is 27.9. The monoisotopic (exact) mass is 437 g/mol. The molecule has 0 heterocycles. The fraction of sp³-hybridized carbons (Fsp3) is 0.0870. The molecule has 0 saturated heterocycles. The Hall–Kier alpha value is -3.78. The number of para-hydroxylation sites is 1. The number of amides is 1. The Morgan fingerprint density at radius 2 is 1.42 bits per heavy atom. The summed E-state index contributed by atoms with van der Waals surface area (Å²) in [5.74, 6) is -1.64. The van der Waals surface area contributed by atoms with Gasteiger partial charge in [0.05, 0.1) is 16.1 Å². The summed E-state index contributed by atoms with van der Waals surface area (Å²) in [5, 5.41) is 2.58. The summed E-state index contributed by atoms with van der Waals surface area (Å²) in [6.07, 6.45) is 1.06. The lowest BCUT2D eigenvalue weighted by atomic mass is 10.0. The third kappa shape index (κ3) is 5.64. The predicted molar refractivity (Wildman–Crippen MR) is 115 cm³/mol. The molecule has 0 spiro atoms. The van der Waals surface area contributed by atoms with E-state index in [1.165, 1.54) is 24.3 Å². The third-order valence-electron chi connectivity index (χ3n) is 4.33. The highest BCUT2D eigenvalue weighted by Gasteiger charge is 2.16. The van der Waals surface area contributed by atoms with Crippen LogP contribution in [-0.4, -0.2) is 38.9 Å². The number of ketones is 1. The number of carbonyl (C=O) groups excluding carboxylic acids is 3. The first-order chi connectivity index (χ1) is 14.8. The van der Waals surface area contributed by atoms with E-state index in [-0.39, 0.29) is 16.2 Å². The molecule has 0 aliphatic rings. The van der Waals surface area contributed by atoms with E-state index in [9.17, 15) is 22.8 Å². The summed E-state index contributed by atoms with van der Waals surface area (Å²) >= 11 is 0. The van der Waals surface area contributed by atoms with Crippen LogP contribution in [0.3, 0.4) is 0 Å². The van der Waals surface area contributed by atoms with Crippen molar-refractivity contribution < 1.29 is 27.5 Å². The van der Waals surface area contributed by atoms with Crippen molar-refractivity contribution in [3.8, 4) is 0 Å². The second-order valence-corrected chi connectivity index (χ2v) is 8.68. The topological polar surface area (TPSA) is 107 Å². The van der Waals surface area contributed by atoms with E-state index in [2.05, 4.69) is 5.32 Å². The average molecular weight is 437 g/mol. The minimum atomic E-state index is -3.38. The standard InChI is InChI=1S/C23H19NO6S/c1-31(28,29)18-13-11-17(12-14-18)23(27)30-15-21(25)24-20-10-6-5-9-19(20)22(26)16-7-3-2-4-8-16/h2-14H,15H2,1H3,(H,24,25). The number of anilines is 1. The molecule has 0 aliphatic carbocycles. The molecule has 31 heavy (non-hydrogen) atoms. The zero-order chi connectivity index (χ0) is 22.4. The molecular weight excluding hydrogens is 418 g/mol. The predicted octanol–water partition coefficient (Wildman–Crippen LogP) is 3.12. The maximum atomic E-state index is 12.7. The Bertz CT molecular complexity index is 1220. The highest BCUT2D eigenvalue weighted by Crippen LogP contribution is 2.19. The van der Waals surface area contributed by atoms with Crippen LogP contribution in [0.1, 0.15) is 26.3 Å². The van der Waals surface area contributed by atoms with Gasteiger partial charge in [0.15, 0.2) is 22.2 Å². The van der Waals surface area contributed by atoms with Gasteiger partial charge in [-0.05, 0) is 36.4 Å². The van der Waals surface area contributed by atoms with Gasteiger partial charge < -0.3 is 10.1 Å². The van der Waals surface area contributed by atoms with Gasteiger partial charge >= 0.3 is 5.97 Å². The minimum Gasteiger partial charge on any atom is -0.452 e. The molecule has 0 atom stereocenters. The molecule has 7 nitrogen and oxygen atoms in total. The van der Waals surface area contributed by atoms with Gasteiger partial charge in [-0.15, -0.1) is 0 Å². The second-order valence-electron chi connectivity index (χ2n) is 6.66. The van der Waals surface area contributed by atoms with Crippen LogP contribution in [0.15, 0.2) is 83.8 Å². The van der Waals surface area contributed by atoms with Gasteiger partial charge in [0.1, 0.15) is 0 Å². The quantitative estimate of drug-likeness (QED) is 0.450. The SMILES string of the molecule is CS(=O)(=O)c1ccc(C(=O)OCC(=O)Nc2ccccc2C(=O)c2ccccc2)cc1. The van der Waals surface area contributed by atoms with Crippen LogP contribution in [0.2, 0.25) is 0 Å². The van der Waals surface area contributed by atoms with Crippen LogP contribution in [0.5, 0.6) is 0 Å². The van der Waals surface area contributed by atoms with Crippen molar-refractivity contribution in [1.82, 2.24) is 0 Å². The normalized spacial score (nSPS) is 10.9. The molecule has 0 aliphatic heterocycles. The maximum absolute atomic E-state index is 12.7. The van der Waals surface area contributed by atoms with E-state index in [0.29, 0.717) is 16.8 Å². The molecule has 0 unspecified atom stereocenters. The van der Waals surface area contributed by atoms with Crippen LogP contribution in [0, 0.1) is 0 Å². The Morgan fingerprint density at radius 3 is 2.06 bits per heavy atom. The third-order valence-corrected chi connectivity index (χ3v) is 5.46. The summed E-state index contributed by atoms with van der Waals surface area (Å²) in [7, 11) is -3.38. The zero-order valence-electron chi connectivity index (χ0n) is 16.6. The highest BCUT2D eigenvalue weighted by molar-refractivity contribution is 7.90. The Labute approximate surface area is 179 Å². The van der Waals surface area contributed by atoms with Crippen LogP contribution in [-0.2, 0) is 19.4 Å². The fourth-order valence-electron chi connectivity index (χ4n) is 2.77. The molecule has 1 N–H and O–H groups in total. The van der Waals surface area contributed by atoms with Crippen molar-refractivity contribution in [2.75, 3.05) is 18.2 Å². The summed E-state index contributed by atoms with van der Waals surface area (Å²) in [5.41, 5.74) is 1.20. The first-order valence-electron chi connectivity index (χ1n) is 9.21. The second kappa shape index (κ2) is 9.36. The molecule has 158 valence electrons. The van der Waals surface area contributed by atoms with Crippen molar-refractivity contribution in [1.29, 1.82) is 0 Å². The number of rotatable bonds is 7. The molecule has 0 aromatic heterocycles. The van der Waals surface area contributed by atoms with Crippen LogP contribution >= 0.6 is 0 Å². The van der Waals surface area contributed by atoms with Crippen LogP contribution in [0.4, 0.5) is 5.69 Å². The van der Waals surface area contributed by atoms with E-state index in [4.69, 9.17) is 4.74 Å². The molecule has 1 amide bonds. The number of benzene rings is 3. The molecule has 3 rings (SSSR count). The summed E-state index contributed by atoms with van der Waals surface area (Å²) in [6, 6.07) is 20.4. The molecule has 0 fully saturated rings. The van der Waals surface area contributed by atoms with Crippen LogP contribution in [0.25, 0.3) is 0 Å². The lowest BCUT2D eigenvalue weighted by Crippen LogP contribution is -2.22. The van der Waals surface area contributed by atoms with Gasteiger partial charge in [-0.1, -0.05) is 42.5 Å². The van der Waals surface area contributed by atoms with Crippen molar-refractivity contribution in [2.45, 2.75) is 4.90 Å². The first kappa shape index (κ1) is 21.9. The lowest BCUT2D eigenvalue weighted by Gasteiger charge is -2.11. The van der Waals surface area contributed by atoms with E-state index in [1.54, 1.807) is 54.6 Å². The summed E-state index contributed by atoms with van der Waals surface area (Å²) in [6.45, 7) is -0.569. The van der Waals surface area contributed by atoms with Gasteiger partial charge in [-0.2, -0.15) is 0 Å². The molecular formula is C23H19NO6S. The molecule has 3 aromatic carbocycles. The van der Waals surface area contributed by atoms with Gasteiger partial charge in [0, 0.05) is 17.4 Å². The number of esters is 1. The Balaban J connectivity index is 1.64. The summed E-state index contributed by atoms with van der Waals surface area (Å²) in [4.78, 5) is 37.2. The lowest BCUT2D eigenvalue weighted by molar-refractivity contribution is -0.119. The largest absolute Gasteiger partial charge is 0.452 e. The van der Waals surface area contributed by atoms with Gasteiger partial charge in [-0.3, -0.25) is 9.59 Å². The van der Waals surface area contributed by atoms with Gasteiger partial charge in [0.25, 0.3) is 5.91 Å². The molecule has 8 heteroatoms.